The molecule has 1 aromatic rings. The molecule has 0 bridgehead atoms. The molecule has 106 valence electrons. The third-order valence-electron chi connectivity index (χ3n) is 2.49. The molecule has 0 radical (unpaired) electrons. The highest BCUT2D eigenvalue weighted by atomic mass is 35.5. The van der Waals surface area contributed by atoms with Crippen LogP contribution in [0.5, 0.6) is 0 Å². The molecule has 0 aliphatic rings. The Bertz CT molecular complexity index is 306. The van der Waals surface area contributed by atoms with Crippen LogP contribution in [0.2, 0.25) is 0 Å². The molecule has 2 N–H and O–H groups in total. The number of halogens is 2. The van der Waals surface area contributed by atoms with Gasteiger partial charge in [-0.3, -0.25) is 4.79 Å². The number of rotatable bonds is 7. The molecule has 7 heteroatoms. The molecule has 0 aliphatic carbocycles. The van der Waals surface area contributed by atoms with E-state index in [2.05, 4.69) is 4.98 Å². The van der Waals surface area contributed by atoms with E-state index in [0.29, 0.717) is 13.0 Å². The predicted octanol–water partition coefficient (Wildman–Crippen LogP) is 1.31. The van der Waals surface area contributed by atoms with Gasteiger partial charge in [0.05, 0.1) is 6.33 Å². The second-order valence-electron chi connectivity index (χ2n) is 3.86. The molecular formula is C11H22Cl2N4O. The summed E-state index contributed by atoms with van der Waals surface area (Å²) < 4.78 is 1.98. The number of aromatic nitrogens is 2. The van der Waals surface area contributed by atoms with Gasteiger partial charge in [-0.05, 0) is 19.4 Å². The lowest BCUT2D eigenvalue weighted by Gasteiger charge is -2.16. The summed E-state index contributed by atoms with van der Waals surface area (Å²) in [6.07, 6.45) is 7.71. The van der Waals surface area contributed by atoms with E-state index in [-0.39, 0.29) is 30.7 Å². The number of hydrogen-bond donors (Lipinski definition) is 1. The van der Waals surface area contributed by atoms with E-state index < -0.39 is 0 Å². The topological polar surface area (TPSA) is 64.2 Å². The highest BCUT2D eigenvalue weighted by molar-refractivity contribution is 5.85. The van der Waals surface area contributed by atoms with Crippen molar-refractivity contribution in [3.05, 3.63) is 18.7 Å². The van der Waals surface area contributed by atoms with Crippen molar-refractivity contribution in [2.75, 3.05) is 20.1 Å². The molecule has 1 aromatic heterocycles. The molecule has 0 fully saturated rings. The molecule has 0 saturated heterocycles. The fourth-order valence-electron chi connectivity index (χ4n) is 1.48. The van der Waals surface area contributed by atoms with Gasteiger partial charge >= 0.3 is 0 Å². The fraction of sp³-hybridized carbons (Fsp3) is 0.636. The second-order valence-corrected chi connectivity index (χ2v) is 3.86. The van der Waals surface area contributed by atoms with Crippen LogP contribution >= 0.6 is 24.8 Å². The van der Waals surface area contributed by atoms with E-state index in [0.717, 1.165) is 25.9 Å². The summed E-state index contributed by atoms with van der Waals surface area (Å²) in [6.45, 7) is 2.23. The van der Waals surface area contributed by atoms with E-state index in [4.69, 9.17) is 5.73 Å². The Kier molecular flexibility index (Phi) is 12.3. The van der Waals surface area contributed by atoms with Gasteiger partial charge in [-0.2, -0.15) is 0 Å². The van der Waals surface area contributed by atoms with E-state index in [1.165, 1.54) is 0 Å². The minimum absolute atomic E-state index is 0. The lowest BCUT2D eigenvalue weighted by Crippen LogP contribution is -2.28. The van der Waals surface area contributed by atoms with Crippen LogP contribution in [-0.4, -0.2) is 40.5 Å². The van der Waals surface area contributed by atoms with E-state index in [1.807, 2.05) is 17.8 Å². The van der Waals surface area contributed by atoms with Crippen LogP contribution in [-0.2, 0) is 11.3 Å². The lowest BCUT2D eigenvalue weighted by atomic mass is 10.2. The molecule has 18 heavy (non-hydrogen) atoms. The van der Waals surface area contributed by atoms with Crippen LogP contribution in [0.4, 0.5) is 0 Å². The molecule has 0 atom stereocenters. The first-order valence-electron chi connectivity index (χ1n) is 5.64. The Labute approximate surface area is 121 Å². The molecule has 1 heterocycles. The maximum atomic E-state index is 11.6. The monoisotopic (exact) mass is 296 g/mol. The first-order chi connectivity index (χ1) is 7.74. The quantitative estimate of drug-likeness (QED) is 0.825. The number of imidazole rings is 1. The number of nitrogens with zero attached hydrogens (tertiary/aromatic N) is 3. The van der Waals surface area contributed by atoms with Crippen LogP contribution in [0.3, 0.4) is 0 Å². The molecule has 0 saturated carbocycles. The summed E-state index contributed by atoms with van der Waals surface area (Å²) >= 11 is 0. The number of nitrogens with two attached hydrogens (primary N) is 1. The lowest BCUT2D eigenvalue weighted by molar-refractivity contribution is -0.130. The Morgan fingerprint density at radius 3 is 2.67 bits per heavy atom. The number of hydrogen-bond acceptors (Lipinski definition) is 3. The van der Waals surface area contributed by atoms with Crippen molar-refractivity contribution >= 4 is 30.7 Å². The van der Waals surface area contributed by atoms with Crippen molar-refractivity contribution in [2.24, 2.45) is 5.73 Å². The first kappa shape index (κ1) is 19.6. The average Bonchev–Trinajstić information content (AvgIpc) is 2.78. The van der Waals surface area contributed by atoms with Crippen molar-refractivity contribution in [1.82, 2.24) is 14.5 Å². The molecule has 0 unspecified atom stereocenters. The summed E-state index contributed by atoms with van der Waals surface area (Å²) in [5, 5.41) is 0. The normalized spacial score (nSPS) is 9.22. The van der Waals surface area contributed by atoms with Crippen molar-refractivity contribution in [1.29, 1.82) is 0 Å². The average molecular weight is 297 g/mol. The van der Waals surface area contributed by atoms with Crippen molar-refractivity contribution in [3.8, 4) is 0 Å². The summed E-state index contributed by atoms with van der Waals surface area (Å²) in [7, 11) is 1.83. The molecule has 1 amide bonds. The second kappa shape index (κ2) is 11.3. The third-order valence-corrected chi connectivity index (χ3v) is 2.49. The highest BCUT2D eigenvalue weighted by Crippen LogP contribution is 1.99. The fourth-order valence-corrected chi connectivity index (χ4v) is 1.48. The van der Waals surface area contributed by atoms with Crippen molar-refractivity contribution in [3.63, 3.8) is 0 Å². The van der Waals surface area contributed by atoms with E-state index in [9.17, 15) is 4.79 Å². The molecule has 0 aromatic carbocycles. The van der Waals surface area contributed by atoms with Gasteiger partial charge in [0.25, 0.3) is 0 Å². The maximum Gasteiger partial charge on any atom is 0.222 e. The van der Waals surface area contributed by atoms with Gasteiger partial charge in [-0.25, -0.2) is 4.98 Å². The number of carbonyl (C=O) groups is 1. The van der Waals surface area contributed by atoms with Gasteiger partial charge in [0.15, 0.2) is 0 Å². The standard InChI is InChI=1S/C11H20N4O.2ClH/c1-14(7-3-5-12)11(16)4-2-8-15-9-6-13-10-15;;/h6,9-10H,2-5,7-8,12H2,1H3;2*1H. The van der Waals surface area contributed by atoms with Gasteiger partial charge in [0, 0.05) is 39.0 Å². The Balaban J connectivity index is 0. The van der Waals surface area contributed by atoms with Crippen LogP contribution < -0.4 is 5.73 Å². The zero-order chi connectivity index (χ0) is 11.8. The Morgan fingerprint density at radius 1 is 1.39 bits per heavy atom. The Hall–Kier alpha value is -0.780. The van der Waals surface area contributed by atoms with Gasteiger partial charge in [-0.1, -0.05) is 0 Å². The number of carbonyl (C=O) groups excluding carboxylic acids is 1. The first-order valence-corrected chi connectivity index (χ1v) is 5.64. The van der Waals surface area contributed by atoms with Crippen LogP contribution in [0.25, 0.3) is 0 Å². The highest BCUT2D eigenvalue weighted by Gasteiger charge is 2.07. The molecule has 5 nitrogen and oxygen atoms in total. The SMILES string of the molecule is CN(CCCN)C(=O)CCCn1ccnc1.Cl.Cl. The summed E-state index contributed by atoms with van der Waals surface area (Å²) in [5.41, 5.74) is 5.39. The largest absolute Gasteiger partial charge is 0.346 e. The molecule has 1 rings (SSSR count). The van der Waals surface area contributed by atoms with Gasteiger partial charge in [0.1, 0.15) is 0 Å². The summed E-state index contributed by atoms with van der Waals surface area (Å²) in [4.78, 5) is 17.3. The molecule has 0 spiro atoms. The zero-order valence-corrected chi connectivity index (χ0v) is 12.3. The van der Waals surface area contributed by atoms with Gasteiger partial charge in [0.2, 0.25) is 5.91 Å². The van der Waals surface area contributed by atoms with Crippen LogP contribution in [0.1, 0.15) is 19.3 Å². The zero-order valence-electron chi connectivity index (χ0n) is 10.6. The maximum absolute atomic E-state index is 11.6. The van der Waals surface area contributed by atoms with Crippen molar-refractivity contribution in [2.45, 2.75) is 25.8 Å². The number of aryl methyl sites for hydroxylation is 1. The van der Waals surface area contributed by atoms with Gasteiger partial charge < -0.3 is 15.2 Å². The molecule has 0 aliphatic heterocycles. The van der Waals surface area contributed by atoms with Crippen LogP contribution in [0, 0.1) is 0 Å². The Morgan fingerprint density at radius 2 is 2.11 bits per heavy atom. The number of amides is 1. The molecular weight excluding hydrogens is 275 g/mol. The smallest absolute Gasteiger partial charge is 0.222 e. The minimum Gasteiger partial charge on any atom is -0.346 e. The summed E-state index contributed by atoms with van der Waals surface area (Å²) in [6, 6.07) is 0. The van der Waals surface area contributed by atoms with Gasteiger partial charge in [-0.15, -0.1) is 24.8 Å². The van der Waals surface area contributed by atoms with E-state index in [1.54, 1.807) is 17.4 Å². The van der Waals surface area contributed by atoms with Crippen molar-refractivity contribution < 1.29 is 4.79 Å². The van der Waals surface area contributed by atoms with Crippen LogP contribution in [0.15, 0.2) is 18.7 Å². The summed E-state index contributed by atoms with van der Waals surface area (Å²) in [5.74, 6) is 0.188. The minimum atomic E-state index is 0. The predicted molar refractivity (Wildman–Crippen MR) is 77.3 cm³/mol. The third kappa shape index (κ3) is 7.53. The van der Waals surface area contributed by atoms with E-state index >= 15 is 0 Å².